The Kier molecular flexibility index (Phi) is 6.30. The molecule has 1 aliphatic rings. The van der Waals surface area contributed by atoms with E-state index in [1.807, 2.05) is 30.3 Å². The van der Waals surface area contributed by atoms with Crippen molar-refractivity contribution in [1.29, 1.82) is 0 Å². The van der Waals surface area contributed by atoms with E-state index in [1.54, 1.807) is 0 Å². The fraction of sp³-hybridized carbons (Fsp3) is 0.0222. The van der Waals surface area contributed by atoms with Crippen molar-refractivity contribution in [3.05, 3.63) is 198 Å². The largest absolute Gasteiger partial charge is 0.456 e. The number of nitrogens with zero attached hydrogens (tertiary/aromatic N) is 1. The highest BCUT2D eigenvalue weighted by Gasteiger charge is 2.44. The predicted octanol–water partition coefficient (Wildman–Crippen LogP) is 11.4. The Balaban J connectivity index is 1.30. The van der Waals surface area contributed by atoms with Gasteiger partial charge in [-0.05, 0) is 82.4 Å². The number of fused-ring (bicyclic) bond motifs is 6. The van der Waals surface area contributed by atoms with Crippen LogP contribution in [0.25, 0.3) is 33.1 Å². The van der Waals surface area contributed by atoms with Crippen LogP contribution < -0.4 is 4.90 Å². The van der Waals surface area contributed by atoms with E-state index in [0.29, 0.717) is 0 Å². The molecule has 9 rings (SSSR count). The molecule has 0 fully saturated rings. The van der Waals surface area contributed by atoms with Crippen molar-refractivity contribution in [1.82, 2.24) is 0 Å². The first-order valence-corrected chi connectivity index (χ1v) is 15.9. The summed E-state index contributed by atoms with van der Waals surface area (Å²) in [7, 11) is 0. The van der Waals surface area contributed by atoms with Gasteiger partial charge in [0.2, 0.25) is 0 Å². The zero-order valence-electron chi connectivity index (χ0n) is 25.6. The van der Waals surface area contributed by atoms with Crippen LogP contribution in [0.15, 0.2) is 180 Å². The van der Waals surface area contributed by atoms with Crippen molar-refractivity contribution in [2.75, 3.05) is 4.90 Å². The van der Waals surface area contributed by atoms with Gasteiger partial charge in [-0.15, -0.1) is 0 Å². The fourth-order valence-electron chi connectivity index (χ4n) is 7.18. The van der Waals surface area contributed by atoms with Crippen LogP contribution >= 0.6 is 0 Å². The first-order valence-electron chi connectivity index (χ1n) is 15.9. The standard InChI is InChI=1S/C45H29NO/c1-4-14-32(15-5-1)28-29-45(33-16-6-2-7-17-33)41-22-12-10-20-37(41)38-26-24-35(30-42(38)45)46(34-18-8-3-9-19-34)36-25-27-40-39-21-11-13-23-43(39)47-44(40)31-36/h1-27,30-31H. The normalized spacial score (nSPS) is 14.7. The molecule has 2 nitrogen and oxygen atoms in total. The average Bonchev–Trinajstić information content (AvgIpc) is 3.65. The Bertz CT molecular complexity index is 2470. The maximum atomic E-state index is 6.35. The van der Waals surface area contributed by atoms with Crippen molar-refractivity contribution in [3.63, 3.8) is 0 Å². The van der Waals surface area contributed by atoms with Gasteiger partial charge in [0.15, 0.2) is 0 Å². The highest BCUT2D eigenvalue weighted by molar-refractivity contribution is 6.06. The first kappa shape index (κ1) is 27.0. The van der Waals surface area contributed by atoms with E-state index in [2.05, 4.69) is 162 Å². The highest BCUT2D eigenvalue weighted by Crippen LogP contribution is 2.54. The highest BCUT2D eigenvalue weighted by atomic mass is 16.3. The minimum atomic E-state index is -0.663. The predicted molar refractivity (Wildman–Crippen MR) is 193 cm³/mol. The molecule has 0 radical (unpaired) electrons. The van der Waals surface area contributed by atoms with Crippen LogP contribution in [0.1, 0.15) is 22.3 Å². The van der Waals surface area contributed by atoms with Crippen LogP contribution in [-0.4, -0.2) is 0 Å². The van der Waals surface area contributed by atoms with Gasteiger partial charge in [-0.2, -0.15) is 0 Å². The number of para-hydroxylation sites is 2. The van der Waals surface area contributed by atoms with Gasteiger partial charge in [0.1, 0.15) is 16.6 Å². The van der Waals surface area contributed by atoms with E-state index in [1.165, 1.54) is 22.3 Å². The van der Waals surface area contributed by atoms with E-state index in [0.717, 1.165) is 50.1 Å². The molecule has 0 aliphatic heterocycles. The van der Waals surface area contributed by atoms with Crippen molar-refractivity contribution >= 4 is 39.0 Å². The van der Waals surface area contributed by atoms with E-state index in [9.17, 15) is 0 Å². The lowest BCUT2D eigenvalue weighted by Gasteiger charge is -2.30. The average molecular weight is 600 g/mol. The molecule has 220 valence electrons. The molecule has 0 N–H and O–H groups in total. The molecule has 1 atom stereocenters. The number of anilines is 3. The monoisotopic (exact) mass is 599 g/mol. The summed E-state index contributed by atoms with van der Waals surface area (Å²) in [6.45, 7) is 0. The van der Waals surface area contributed by atoms with Crippen LogP contribution in [-0.2, 0) is 5.41 Å². The number of hydrogen-bond donors (Lipinski definition) is 0. The summed E-state index contributed by atoms with van der Waals surface area (Å²) in [6.07, 6.45) is 0. The lowest BCUT2D eigenvalue weighted by molar-refractivity contribution is 0.669. The minimum absolute atomic E-state index is 0.663. The van der Waals surface area contributed by atoms with E-state index < -0.39 is 5.41 Å². The van der Waals surface area contributed by atoms with E-state index >= 15 is 0 Å². The third kappa shape index (κ3) is 4.36. The molecule has 0 saturated heterocycles. The zero-order valence-corrected chi connectivity index (χ0v) is 25.6. The third-order valence-electron chi connectivity index (χ3n) is 9.30. The quantitative estimate of drug-likeness (QED) is 0.187. The molecule has 0 spiro atoms. The topological polar surface area (TPSA) is 16.4 Å². The van der Waals surface area contributed by atoms with Gasteiger partial charge in [0.25, 0.3) is 0 Å². The van der Waals surface area contributed by atoms with Crippen LogP contribution in [0.3, 0.4) is 0 Å². The number of furan rings is 1. The number of rotatable bonds is 4. The molecule has 0 amide bonds. The maximum Gasteiger partial charge on any atom is 0.137 e. The summed E-state index contributed by atoms with van der Waals surface area (Å²) in [4.78, 5) is 2.32. The lowest BCUT2D eigenvalue weighted by atomic mass is 9.72. The molecule has 0 saturated carbocycles. The molecule has 0 bridgehead atoms. The molecule has 1 aliphatic carbocycles. The van der Waals surface area contributed by atoms with Gasteiger partial charge in [-0.3, -0.25) is 0 Å². The number of benzene rings is 7. The van der Waals surface area contributed by atoms with Crippen LogP contribution in [0.5, 0.6) is 0 Å². The second-order valence-corrected chi connectivity index (χ2v) is 12.0. The second kappa shape index (κ2) is 10.9. The number of hydrogen-bond acceptors (Lipinski definition) is 2. The minimum Gasteiger partial charge on any atom is -0.456 e. The van der Waals surface area contributed by atoms with Crippen molar-refractivity contribution < 1.29 is 4.42 Å². The fourth-order valence-corrected chi connectivity index (χ4v) is 7.18. The maximum absolute atomic E-state index is 6.35. The molecule has 1 aromatic heterocycles. The van der Waals surface area contributed by atoms with Gasteiger partial charge in [0.05, 0.1) is 0 Å². The van der Waals surface area contributed by atoms with Crippen LogP contribution in [0.2, 0.25) is 0 Å². The van der Waals surface area contributed by atoms with Crippen LogP contribution in [0, 0.1) is 11.8 Å². The Morgan fingerprint density at radius 2 is 1.06 bits per heavy atom. The van der Waals surface area contributed by atoms with Gasteiger partial charge in [-0.1, -0.05) is 127 Å². The molecule has 1 heterocycles. The summed E-state index contributed by atoms with van der Waals surface area (Å²) >= 11 is 0. The molecule has 47 heavy (non-hydrogen) atoms. The van der Waals surface area contributed by atoms with E-state index in [4.69, 9.17) is 4.42 Å². The molecule has 1 unspecified atom stereocenters. The molecular weight excluding hydrogens is 571 g/mol. The SMILES string of the molecule is C(#CC1(c2ccccc2)c2ccccc2-c2ccc(N(c3ccccc3)c3ccc4c(c3)oc3ccccc34)cc21)c1ccccc1. The Morgan fingerprint density at radius 1 is 0.447 bits per heavy atom. The Labute approximate surface area is 274 Å². The smallest absolute Gasteiger partial charge is 0.137 e. The summed E-state index contributed by atoms with van der Waals surface area (Å²) in [5.74, 6) is 7.42. The summed E-state index contributed by atoms with van der Waals surface area (Å²) in [5.41, 5.74) is 11.2. The Hall–Kier alpha value is -6.30. The van der Waals surface area contributed by atoms with Gasteiger partial charge in [0, 0.05) is 39.5 Å². The molecule has 2 heteroatoms. The van der Waals surface area contributed by atoms with Gasteiger partial charge < -0.3 is 9.32 Å². The van der Waals surface area contributed by atoms with Crippen molar-refractivity contribution in [2.45, 2.75) is 5.41 Å². The first-order chi connectivity index (χ1) is 23.3. The molecule has 7 aromatic carbocycles. The summed E-state index contributed by atoms with van der Waals surface area (Å²) < 4.78 is 6.35. The second-order valence-electron chi connectivity index (χ2n) is 12.0. The van der Waals surface area contributed by atoms with Crippen LogP contribution in [0.4, 0.5) is 17.1 Å². The summed E-state index contributed by atoms with van der Waals surface area (Å²) in [6, 6.07) is 61.9. The van der Waals surface area contributed by atoms with Gasteiger partial charge >= 0.3 is 0 Å². The molecular formula is C45H29NO. The molecule has 8 aromatic rings. The Morgan fingerprint density at radius 3 is 1.89 bits per heavy atom. The van der Waals surface area contributed by atoms with E-state index in [-0.39, 0.29) is 0 Å². The van der Waals surface area contributed by atoms with Crippen molar-refractivity contribution in [2.24, 2.45) is 0 Å². The van der Waals surface area contributed by atoms with Crippen molar-refractivity contribution in [3.8, 4) is 23.0 Å². The summed E-state index contributed by atoms with van der Waals surface area (Å²) in [5, 5.41) is 2.24. The third-order valence-corrected chi connectivity index (χ3v) is 9.30. The van der Waals surface area contributed by atoms with Gasteiger partial charge in [-0.25, -0.2) is 0 Å². The lowest BCUT2D eigenvalue weighted by Crippen LogP contribution is -2.25. The zero-order chi connectivity index (χ0) is 31.2.